The second kappa shape index (κ2) is 8.13. The molecule has 1 saturated heterocycles. The summed E-state index contributed by atoms with van der Waals surface area (Å²) in [5, 5.41) is 17.3. The number of amides is 1. The molecule has 1 fully saturated rings. The number of benzene rings is 1. The standard InChI is InChI=1S/C16H19N5O3S/c22-16(12-20-6-5-15(18-20)21(23)24)17-14-4-2-1-3-13(14)11-19-7-9-25-10-8-19/h1-6H,7-12H2,(H,17,22). The summed E-state index contributed by atoms with van der Waals surface area (Å²) in [6.07, 6.45) is 1.43. The fraction of sp³-hybridized carbons (Fsp3) is 0.375. The number of aromatic nitrogens is 2. The van der Waals surface area contributed by atoms with Crippen LogP contribution in [0.25, 0.3) is 0 Å². The second-order valence-corrected chi connectivity index (χ2v) is 6.95. The normalized spacial score (nSPS) is 15.0. The van der Waals surface area contributed by atoms with Crippen LogP contribution in [-0.4, -0.2) is 50.1 Å². The van der Waals surface area contributed by atoms with Crippen LogP contribution in [0.2, 0.25) is 0 Å². The van der Waals surface area contributed by atoms with Crippen LogP contribution >= 0.6 is 11.8 Å². The third-order valence-corrected chi connectivity index (χ3v) is 4.85. The molecule has 3 rings (SSSR count). The van der Waals surface area contributed by atoms with E-state index in [0.717, 1.165) is 42.4 Å². The summed E-state index contributed by atoms with van der Waals surface area (Å²) < 4.78 is 1.26. The molecule has 0 atom stereocenters. The lowest BCUT2D eigenvalue weighted by Crippen LogP contribution is -2.32. The Morgan fingerprint density at radius 3 is 2.76 bits per heavy atom. The summed E-state index contributed by atoms with van der Waals surface area (Å²) in [5.41, 5.74) is 1.83. The Morgan fingerprint density at radius 2 is 2.04 bits per heavy atom. The Hall–Kier alpha value is -2.39. The molecule has 2 heterocycles. The van der Waals surface area contributed by atoms with Crippen molar-refractivity contribution in [1.82, 2.24) is 14.7 Å². The highest BCUT2D eigenvalue weighted by Crippen LogP contribution is 2.19. The van der Waals surface area contributed by atoms with E-state index in [0.29, 0.717) is 0 Å². The molecule has 0 aliphatic carbocycles. The number of carbonyl (C=O) groups excluding carboxylic acids is 1. The molecule has 8 nitrogen and oxygen atoms in total. The fourth-order valence-corrected chi connectivity index (χ4v) is 3.63. The summed E-state index contributed by atoms with van der Waals surface area (Å²) in [4.78, 5) is 24.7. The number of para-hydroxylation sites is 1. The Kier molecular flexibility index (Phi) is 5.67. The third kappa shape index (κ3) is 4.80. The molecule has 1 N–H and O–H groups in total. The predicted octanol–water partition coefficient (Wildman–Crippen LogP) is 1.98. The summed E-state index contributed by atoms with van der Waals surface area (Å²) in [6, 6.07) is 8.99. The smallest absolute Gasteiger partial charge is 0.358 e. The molecule has 1 aliphatic heterocycles. The summed E-state index contributed by atoms with van der Waals surface area (Å²) in [5.74, 6) is 1.73. The van der Waals surface area contributed by atoms with E-state index in [9.17, 15) is 14.9 Å². The van der Waals surface area contributed by atoms with Crippen molar-refractivity contribution >= 4 is 29.2 Å². The van der Waals surface area contributed by atoms with Crippen molar-refractivity contribution in [2.75, 3.05) is 29.9 Å². The zero-order valence-corrected chi connectivity index (χ0v) is 14.4. The van der Waals surface area contributed by atoms with Crippen molar-refractivity contribution in [3.05, 3.63) is 52.2 Å². The van der Waals surface area contributed by atoms with E-state index in [-0.39, 0.29) is 18.3 Å². The highest BCUT2D eigenvalue weighted by molar-refractivity contribution is 7.99. The SMILES string of the molecule is O=C(Cn1ccc([N+](=O)[O-])n1)Nc1ccccc1CN1CCSCC1. The highest BCUT2D eigenvalue weighted by Gasteiger charge is 2.16. The zero-order chi connectivity index (χ0) is 17.6. The number of nitrogens with one attached hydrogen (secondary N) is 1. The first-order valence-electron chi connectivity index (χ1n) is 7.97. The Bertz CT molecular complexity index is 758. The summed E-state index contributed by atoms with van der Waals surface area (Å²) in [7, 11) is 0. The molecule has 1 aromatic heterocycles. The minimum absolute atomic E-state index is 0.0669. The van der Waals surface area contributed by atoms with Gasteiger partial charge in [0, 0.05) is 36.8 Å². The largest absolute Gasteiger partial charge is 0.389 e. The van der Waals surface area contributed by atoms with E-state index in [1.807, 2.05) is 36.0 Å². The fourth-order valence-electron chi connectivity index (χ4n) is 2.65. The molecule has 132 valence electrons. The maximum atomic E-state index is 12.2. The molecule has 1 amide bonds. The van der Waals surface area contributed by atoms with Crippen LogP contribution in [0.4, 0.5) is 11.5 Å². The van der Waals surface area contributed by atoms with Crippen molar-refractivity contribution in [3.63, 3.8) is 0 Å². The van der Waals surface area contributed by atoms with Gasteiger partial charge in [0.1, 0.15) is 6.54 Å². The van der Waals surface area contributed by atoms with Gasteiger partial charge >= 0.3 is 5.82 Å². The average molecular weight is 361 g/mol. The van der Waals surface area contributed by atoms with Crippen LogP contribution in [0.5, 0.6) is 0 Å². The molecule has 0 radical (unpaired) electrons. The number of hydrogen-bond donors (Lipinski definition) is 1. The van der Waals surface area contributed by atoms with Crippen molar-refractivity contribution < 1.29 is 9.72 Å². The van der Waals surface area contributed by atoms with E-state index in [4.69, 9.17) is 0 Å². The van der Waals surface area contributed by atoms with Gasteiger partial charge in [-0.25, -0.2) is 0 Å². The highest BCUT2D eigenvalue weighted by atomic mass is 32.2. The van der Waals surface area contributed by atoms with Gasteiger partial charge in [0.15, 0.2) is 0 Å². The Balaban J connectivity index is 1.63. The maximum Gasteiger partial charge on any atom is 0.389 e. The number of nitrogens with zero attached hydrogens (tertiary/aromatic N) is 4. The number of anilines is 1. The van der Waals surface area contributed by atoms with Crippen LogP contribution in [0.1, 0.15) is 5.56 Å². The number of thioether (sulfide) groups is 1. The van der Waals surface area contributed by atoms with Crippen LogP contribution in [0.3, 0.4) is 0 Å². The van der Waals surface area contributed by atoms with Crippen LogP contribution in [-0.2, 0) is 17.9 Å². The lowest BCUT2D eigenvalue weighted by Gasteiger charge is -2.27. The monoisotopic (exact) mass is 361 g/mol. The van der Waals surface area contributed by atoms with Crippen LogP contribution in [0.15, 0.2) is 36.5 Å². The van der Waals surface area contributed by atoms with Crippen LogP contribution < -0.4 is 5.32 Å². The Labute approximate surface area is 149 Å². The third-order valence-electron chi connectivity index (χ3n) is 3.91. The van der Waals surface area contributed by atoms with Gasteiger partial charge in [-0.05, 0) is 16.6 Å². The van der Waals surface area contributed by atoms with E-state index in [2.05, 4.69) is 15.3 Å². The minimum Gasteiger partial charge on any atom is -0.358 e. The lowest BCUT2D eigenvalue weighted by atomic mass is 10.1. The van der Waals surface area contributed by atoms with Gasteiger partial charge in [0.25, 0.3) is 0 Å². The molecule has 0 saturated carbocycles. The number of hydrogen-bond acceptors (Lipinski definition) is 6. The van der Waals surface area contributed by atoms with Crippen molar-refractivity contribution in [1.29, 1.82) is 0 Å². The maximum absolute atomic E-state index is 12.2. The molecular formula is C16H19N5O3S. The first kappa shape index (κ1) is 17.4. The average Bonchev–Trinajstić information content (AvgIpc) is 3.06. The molecule has 25 heavy (non-hydrogen) atoms. The number of nitro groups is 1. The van der Waals surface area contributed by atoms with Gasteiger partial charge < -0.3 is 15.4 Å². The molecule has 1 aromatic carbocycles. The molecule has 2 aromatic rings. The Morgan fingerprint density at radius 1 is 1.28 bits per heavy atom. The molecular weight excluding hydrogens is 342 g/mol. The first-order valence-corrected chi connectivity index (χ1v) is 9.13. The summed E-state index contributed by atoms with van der Waals surface area (Å²) >= 11 is 1.96. The van der Waals surface area contributed by atoms with Gasteiger partial charge in [0.2, 0.25) is 5.91 Å². The van der Waals surface area contributed by atoms with E-state index < -0.39 is 4.92 Å². The quantitative estimate of drug-likeness (QED) is 0.625. The first-order chi connectivity index (χ1) is 12.1. The van der Waals surface area contributed by atoms with Crippen molar-refractivity contribution in [3.8, 4) is 0 Å². The van der Waals surface area contributed by atoms with Gasteiger partial charge in [0.05, 0.1) is 17.4 Å². The van der Waals surface area contributed by atoms with Gasteiger partial charge in [-0.3, -0.25) is 9.69 Å². The molecule has 0 spiro atoms. The second-order valence-electron chi connectivity index (χ2n) is 5.72. The molecule has 0 bridgehead atoms. The van der Waals surface area contributed by atoms with Crippen LogP contribution in [0, 0.1) is 10.1 Å². The molecule has 9 heteroatoms. The van der Waals surface area contributed by atoms with Crippen molar-refractivity contribution in [2.24, 2.45) is 0 Å². The van der Waals surface area contributed by atoms with Gasteiger partial charge in [-0.15, -0.1) is 0 Å². The lowest BCUT2D eigenvalue weighted by molar-refractivity contribution is -0.389. The molecule has 1 aliphatic rings. The topological polar surface area (TPSA) is 93.3 Å². The predicted molar refractivity (Wildman–Crippen MR) is 96.6 cm³/mol. The molecule has 0 unspecified atom stereocenters. The van der Waals surface area contributed by atoms with E-state index in [1.54, 1.807) is 0 Å². The summed E-state index contributed by atoms with van der Waals surface area (Å²) in [6.45, 7) is 2.82. The van der Waals surface area contributed by atoms with Gasteiger partial charge in [-0.1, -0.05) is 18.2 Å². The number of carbonyl (C=O) groups is 1. The van der Waals surface area contributed by atoms with E-state index >= 15 is 0 Å². The minimum atomic E-state index is -0.583. The van der Waals surface area contributed by atoms with Gasteiger partial charge in [-0.2, -0.15) is 16.4 Å². The number of rotatable bonds is 6. The van der Waals surface area contributed by atoms with E-state index in [1.165, 1.54) is 16.9 Å². The zero-order valence-electron chi connectivity index (χ0n) is 13.6. The van der Waals surface area contributed by atoms with Crippen molar-refractivity contribution in [2.45, 2.75) is 13.1 Å².